The minimum absolute atomic E-state index is 0.152. The average molecular weight is 364 g/mol. The second-order valence-electron chi connectivity index (χ2n) is 5.59. The quantitative estimate of drug-likeness (QED) is 0.718. The number of hydrogen-bond donors (Lipinski definition) is 2. The van der Waals surface area contributed by atoms with Gasteiger partial charge in [-0.25, -0.2) is 8.78 Å². The highest BCUT2D eigenvalue weighted by atomic mass is 19.1. The number of amides is 1. The van der Waals surface area contributed by atoms with Crippen molar-refractivity contribution >= 4 is 11.6 Å². The Morgan fingerprint density at radius 1 is 1.00 bits per heavy atom. The minimum atomic E-state index is -0.682. The average Bonchev–Trinajstić information content (AvgIpc) is 2.63. The highest BCUT2D eigenvalue weighted by Crippen LogP contribution is 2.27. The van der Waals surface area contributed by atoms with E-state index in [9.17, 15) is 13.6 Å². The first-order chi connectivity index (χ1) is 12.5. The summed E-state index contributed by atoms with van der Waals surface area (Å²) in [6.45, 7) is 0.726. The monoisotopic (exact) mass is 364 g/mol. The van der Waals surface area contributed by atoms with E-state index in [1.165, 1.54) is 6.07 Å². The van der Waals surface area contributed by atoms with Gasteiger partial charge in [0.25, 0.3) is 0 Å². The van der Waals surface area contributed by atoms with Gasteiger partial charge in [0, 0.05) is 25.6 Å². The molecule has 0 radical (unpaired) electrons. The zero-order valence-electron chi connectivity index (χ0n) is 14.8. The number of hydrogen-bond acceptors (Lipinski definition) is 4. The van der Waals surface area contributed by atoms with E-state index in [4.69, 9.17) is 9.47 Å². The van der Waals surface area contributed by atoms with E-state index in [0.717, 1.165) is 17.7 Å². The number of rotatable bonds is 9. The lowest BCUT2D eigenvalue weighted by atomic mass is 10.1. The summed E-state index contributed by atoms with van der Waals surface area (Å²) in [5.74, 6) is -0.179. The number of benzene rings is 2. The van der Waals surface area contributed by atoms with Crippen molar-refractivity contribution in [2.45, 2.75) is 12.8 Å². The molecule has 2 rings (SSSR count). The highest BCUT2D eigenvalue weighted by Gasteiger charge is 2.07. The zero-order chi connectivity index (χ0) is 18.9. The Balaban J connectivity index is 1.72. The van der Waals surface area contributed by atoms with Crippen LogP contribution in [0.1, 0.15) is 12.0 Å². The van der Waals surface area contributed by atoms with Gasteiger partial charge in [0.2, 0.25) is 5.91 Å². The summed E-state index contributed by atoms with van der Waals surface area (Å²) in [5.41, 5.74) is 1.18. The number of anilines is 1. The smallest absolute Gasteiger partial charge is 0.221 e. The maximum atomic E-state index is 13.5. The SMILES string of the molecule is COc1ccc(CCNC(=O)CCNc2ccc(F)cc2F)cc1OC. The number of ether oxygens (including phenoxy) is 2. The summed E-state index contributed by atoms with van der Waals surface area (Å²) in [4.78, 5) is 11.8. The molecule has 2 N–H and O–H groups in total. The summed E-state index contributed by atoms with van der Waals surface area (Å²) < 4.78 is 36.7. The Bertz CT molecular complexity index is 754. The van der Waals surface area contributed by atoms with Crippen molar-refractivity contribution in [1.82, 2.24) is 5.32 Å². The summed E-state index contributed by atoms with van der Waals surface area (Å²) in [6, 6.07) is 8.85. The standard InChI is InChI=1S/C19H22F2N2O3/c1-25-17-6-3-13(11-18(17)26-2)7-9-23-19(24)8-10-22-16-5-4-14(20)12-15(16)21/h3-6,11-12,22H,7-10H2,1-2H3,(H,23,24). The summed E-state index contributed by atoms with van der Waals surface area (Å²) in [6.07, 6.45) is 0.828. The first kappa shape index (κ1) is 19.5. The molecule has 0 aliphatic heterocycles. The highest BCUT2D eigenvalue weighted by molar-refractivity contribution is 5.76. The third kappa shape index (κ3) is 5.61. The predicted octanol–water partition coefficient (Wildman–Crippen LogP) is 3.14. The van der Waals surface area contributed by atoms with Crippen LogP contribution in [0.25, 0.3) is 0 Å². The normalized spacial score (nSPS) is 10.3. The summed E-state index contributed by atoms with van der Waals surface area (Å²) >= 11 is 0. The lowest BCUT2D eigenvalue weighted by Crippen LogP contribution is -2.27. The molecule has 0 saturated carbocycles. The van der Waals surface area contributed by atoms with Crippen LogP contribution in [0.4, 0.5) is 14.5 Å². The van der Waals surface area contributed by atoms with E-state index >= 15 is 0 Å². The van der Waals surface area contributed by atoms with Crippen LogP contribution in [0.15, 0.2) is 36.4 Å². The zero-order valence-corrected chi connectivity index (χ0v) is 14.8. The van der Waals surface area contributed by atoms with Gasteiger partial charge in [0.05, 0.1) is 19.9 Å². The van der Waals surface area contributed by atoms with E-state index in [1.807, 2.05) is 18.2 Å². The number of halogens is 2. The van der Waals surface area contributed by atoms with E-state index in [2.05, 4.69) is 10.6 Å². The van der Waals surface area contributed by atoms with Crippen LogP contribution in [0.3, 0.4) is 0 Å². The second-order valence-corrected chi connectivity index (χ2v) is 5.59. The molecule has 0 bridgehead atoms. The van der Waals surface area contributed by atoms with Gasteiger partial charge in [-0.15, -0.1) is 0 Å². The molecule has 0 heterocycles. The van der Waals surface area contributed by atoms with Crippen molar-refractivity contribution in [2.24, 2.45) is 0 Å². The maximum Gasteiger partial charge on any atom is 0.221 e. The lowest BCUT2D eigenvalue weighted by Gasteiger charge is -2.10. The van der Waals surface area contributed by atoms with E-state index in [-0.39, 0.29) is 24.6 Å². The van der Waals surface area contributed by atoms with Gasteiger partial charge >= 0.3 is 0 Å². The van der Waals surface area contributed by atoms with Gasteiger partial charge < -0.3 is 20.1 Å². The minimum Gasteiger partial charge on any atom is -0.493 e. The molecule has 7 heteroatoms. The maximum absolute atomic E-state index is 13.5. The molecule has 26 heavy (non-hydrogen) atoms. The Labute approximate surface area is 151 Å². The second kappa shape index (κ2) is 9.60. The van der Waals surface area contributed by atoms with Gasteiger partial charge in [-0.2, -0.15) is 0 Å². The largest absolute Gasteiger partial charge is 0.493 e. The van der Waals surface area contributed by atoms with E-state index < -0.39 is 11.6 Å². The molecule has 2 aromatic rings. The summed E-state index contributed by atoms with van der Waals surface area (Å²) in [7, 11) is 3.14. The molecule has 0 unspecified atom stereocenters. The number of carbonyl (C=O) groups is 1. The third-order valence-corrected chi connectivity index (χ3v) is 3.78. The third-order valence-electron chi connectivity index (χ3n) is 3.78. The van der Waals surface area contributed by atoms with Crippen molar-refractivity contribution in [2.75, 3.05) is 32.6 Å². The molecular weight excluding hydrogens is 342 g/mol. The predicted molar refractivity (Wildman–Crippen MR) is 95.7 cm³/mol. The molecule has 0 fully saturated rings. The van der Waals surface area contributed by atoms with Gasteiger partial charge in [0.15, 0.2) is 11.5 Å². The molecule has 0 aromatic heterocycles. The Kier molecular flexibility index (Phi) is 7.20. The molecule has 0 atom stereocenters. The van der Waals surface area contributed by atoms with E-state index in [0.29, 0.717) is 24.5 Å². The number of methoxy groups -OCH3 is 2. The van der Waals surface area contributed by atoms with E-state index in [1.54, 1.807) is 14.2 Å². The molecule has 1 amide bonds. The molecule has 5 nitrogen and oxygen atoms in total. The van der Waals surface area contributed by atoms with Crippen molar-refractivity contribution in [3.8, 4) is 11.5 Å². The lowest BCUT2D eigenvalue weighted by molar-refractivity contribution is -0.120. The van der Waals surface area contributed by atoms with Gasteiger partial charge in [-0.1, -0.05) is 6.07 Å². The first-order valence-electron chi connectivity index (χ1n) is 8.20. The molecule has 140 valence electrons. The molecule has 0 aliphatic rings. The van der Waals surface area contributed by atoms with Crippen LogP contribution in [-0.4, -0.2) is 33.2 Å². The van der Waals surface area contributed by atoms with Crippen LogP contribution in [0.5, 0.6) is 11.5 Å². The summed E-state index contributed by atoms with van der Waals surface area (Å²) in [5, 5.41) is 5.58. The van der Waals surface area contributed by atoms with Crippen molar-refractivity contribution in [3.63, 3.8) is 0 Å². The Morgan fingerprint density at radius 2 is 1.77 bits per heavy atom. The van der Waals surface area contributed by atoms with Crippen LogP contribution in [0, 0.1) is 11.6 Å². The van der Waals surface area contributed by atoms with Crippen LogP contribution < -0.4 is 20.1 Å². The molecule has 0 saturated heterocycles. The van der Waals surface area contributed by atoms with Crippen molar-refractivity contribution < 1.29 is 23.0 Å². The molecule has 0 spiro atoms. The fourth-order valence-electron chi connectivity index (χ4n) is 2.41. The first-order valence-corrected chi connectivity index (χ1v) is 8.20. The van der Waals surface area contributed by atoms with Crippen molar-refractivity contribution in [3.05, 3.63) is 53.6 Å². The molecule has 0 aliphatic carbocycles. The van der Waals surface area contributed by atoms with Crippen LogP contribution >= 0.6 is 0 Å². The van der Waals surface area contributed by atoms with Crippen LogP contribution in [-0.2, 0) is 11.2 Å². The topological polar surface area (TPSA) is 59.6 Å². The van der Waals surface area contributed by atoms with Gasteiger partial charge in [-0.05, 0) is 36.2 Å². The Hall–Kier alpha value is -2.83. The fraction of sp³-hybridized carbons (Fsp3) is 0.316. The van der Waals surface area contributed by atoms with Crippen LogP contribution in [0.2, 0.25) is 0 Å². The van der Waals surface area contributed by atoms with Gasteiger partial charge in [0.1, 0.15) is 11.6 Å². The van der Waals surface area contributed by atoms with Gasteiger partial charge in [-0.3, -0.25) is 4.79 Å². The van der Waals surface area contributed by atoms with Crippen molar-refractivity contribution in [1.29, 1.82) is 0 Å². The Morgan fingerprint density at radius 3 is 2.46 bits per heavy atom. The number of nitrogens with one attached hydrogen (secondary N) is 2. The number of carbonyl (C=O) groups excluding carboxylic acids is 1. The molecule has 2 aromatic carbocycles. The molecular formula is C19H22F2N2O3. The fourth-order valence-corrected chi connectivity index (χ4v) is 2.41.